The van der Waals surface area contributed by atoms with E-state index in [1.54, 1.807) is 0 Å². The van der Waals surface area contributed by atoms with Gasteiger partial charge in [-0.25, -0.2) is 0 Å². The Hall–Kier alpha value is 0.467. The fraction of sp³-hybridized carbons (Fsp3) is 1.00. The van der Waals surface area contributed by atoms with Gasteiger partial charge in [0, 0.05) is 6.04 Å². The monoisotopic (exact) mass is 203 g/mol. The number of nitrogens with zero attached hydrogens (tertiary/aromatic N) is 1. The van der Waals surface area contributed by atoms with Crippen molar-refractivity contribution in [2.75, 3.05) is 6.54 Å². The van der Waals surface area contributed by atoms with E-state index in [0.717, 1.165) is 12.0 Å². The second-order valence-corrected chi connectivity index (χ2v) is 5.95. The second kappa shape index (κ2) is 4.12. The fourth-order valence-electron chi connectivity index (χ4n) is 2.88. The minimum atomic E-state index is -0.392. The van der Waals surface area contributed by atoms with E-state index in [-0.39, 0.29) is 0 Å². The third kappa shape index (κ3) is 1.70. The summed E-state index contributed by atoms with van der Waals surface area (Å²) in [6.45, 7) is 1.30. The van der Waals surface area contributed by atoms with Gasteiger partial charge in [0.05, 0.1) is 0 Å². The first-order valence-corrected chi connectivity index (χ1v) is 7.99. The van der Waals surface area contributed by atoms with Crippen LogP contribution in [0.2, 0.25) is 0 Å². The Balaban J connectivity index is 1.99. The Bertz CT molecular complexity index is 145. The standard InChI is InChI=1S/C9H18ClNSi/c10-12-11-7-3-5-8-4-1-2-6-9(8)11/h8-9H,1-7,12H2. The predicted molar refractivity (Wildman–Crippen MR) is 56.1 cm³/mol. The van der Waals surface area contributed by atoms with Gasteiger partial charge in [0.15, 0.2) is 8.99 Å². The van der Waals surface area contributed by atoms with Crippen LogP contribution in [-0.4, -0.2) is 26.1 Å². The van der Waals surface area contributed by atoms with Gasteiger partial charge in [0.1, 0.15) is 0 Å². The molecule has 1 saturated carbocycles. The van der Waals surface area contributed by atoms with E-state index >= 15 is 0 Å². The van der Waals surface area contributed by atoms with Gasteiger partial charge in [-0.05, 0) is 38.1 Å². The van der Waals surface area contributed by atoms with Gasteiger partial charge in [0.25, 0.3) is 0 Å². The Labute approximate surface area is 82.1 Å². The van der Waals surface area contributed by atoms with Gasteiger partial charge in [0.2, 0.25) is 0 Å². The molecule has 1 saturated heterocycles. The van der Waals surface area contributed by atoms with Crippen LogP contribution in [0.5, 0.6) is 0 Å². The molecule has 1 heterocycles. The molecule has 12 heavy (non-hydrogen) atoms. The summed E-state index contributed by atoms with van der Waals surface area (Å²) in [4.78, 5) is 0. The summed E-state index contributed by atoms with van der Waals surface area (Å²) < 4.78 is 2.62. The third-order valence-corrected chi connectivity index (χ3v) is 5.53. The summed E-state index contributed by atoms with van der Waals surface area (Å²) in [5, 5.41) is 0. The summed E-state index contributed by atoms with van der Waals surface area (Å²) in [6, 6.07) is 0.900. The number of halogens is 1. The highest BCUT2D eigenvalue weighted by atomic mass is 35.6. The lowest BCUT2D eigenvalue weighted by Gasteiger charge is -2.43. The van der Waals surface area contributed by atoms with Crippen molar-refractivity contribution in [3.8, 4) is 0 Å². The van der Waals surface area contributed by atoms with Crippen LogP contribution in [0.15, 0.2) is 0 Å². The lowest BCUT2D eigenvalue weighted by atomic mass is 9.79. The smallest absolute Gasteiger partial charge is 0.198 e. The summed E-state index contributed by atoms with van der Waals surface area (Å²) in [6.07, 6.45) is 8.71. The van der Waals surface area contributed by atoms with Crippen molar-refractivity contribution >= 4 is 20.1 Å². The summed E-state index contributed by atoms with van der Waals surface area (Å²) >= 11 is 6.07. The molecule has 2 aliphatic rings. The lowest BCUT2D eigenvalue weighted by molar-refractivity contribution is 0.130. The highest BCUT2D eigenvalue weighted by molar-refractivity contribution is 6.92. The summed E-state index contributed by atoms with van der Waals surface area (Å²) in [5.41, 5.74) is 0. The number of piperidine rings is 1. The molecule has 0 bridgehead atoms. The Morgan fingerprint density at radius 1 is 1.08 bits per heavy atom. The maximum atomic E-state index is 6.07. The summed E-state index contributed by atoms with van der Waals surface area (Å²) in [5.74, 6) is 1.01. The molecule has 2 unspecified atom stereocenters. The van der Waals surface area contributed by atoms with Crippen LogP contribution in [0.25, 0.3) is 0 Å². The third-order valence-electron chi connectivity index (χ3n) is 3.51. The van der Waals surface area contributed by atoms with Gasteiger partial charge in [-0.1, -0.05) is 12.8 Å². The summed E-state index contributed by atoms with van der Waals surface area (Å²) in [7, 11) is -0.392. The Kier molecular flexibility index (Phi) is 3.10. The van der Waals surface area contributed by atoms with Gasteiger partial charge >= 0.3 is 0 Å². The van der Waals surface area contributed by atoms with E-state index in [1.807, 2.05) is 0 Å². The zero-order valence-corrected chi connectivity index (χ0v) is 9.81. The molecule has 0 aromatic heterocycles. The van der Waals surface area contributed by atoms with Crippen molar-refractivity contribution < 1.29 is 0 Å². The molecular weight excluding hydrogens is 186 g/mol. The van der Waals surface area contributed by atoms with E-state index < -0.39 is 8.99 Å². The molecule has 1 nitrogen and oxygen atoms in total. The molecule has 2 fully saturated rings. The van der Waals surface area contributed by atoms with E-state index in [4.69, 9.17) is 11.1 Å². The Morgan fingerprint density at radius 3 is 2.67 bits per heavy atom. The van der Waals surface area contributed by atoms with Crippen LogP contribution in [0.3, 0.4) is 0 Å². The van der Waals surface area contributed by atoms with Crippen molar-refractivity contribution in [2.24, 2.45) is 5.92 Å². The normalized spacial score (nSPS) is 38.8. The molecular formula is C9H18ClNSi. The van der Waals surface area contributed by atoms with E-state index in [2.05, 4.69) is 4.57 Å². The average Bonchev–Trinajstić information content (AvgIpc) is 2.17. The molecule has 0 aromatic rings. The highest BCUT2D eigenvalue weighted by Crippen LogP contribution is 2.34. The maximum absolute atomic E-state index is 6.07. The number of hydrogen-bond acceptors (Lipinski definition) is 1. The topological polar surface area (TPSA) is 3.24 Å². The van der Waals surface area contributed by atoms with E-state index in [0.29, 0.717) is 0 Å². The van der Waals surface area contributed by atoms with Crippen LogP contribution >= 0.6 is 11.1 Å². The van der Waals surface area contributed by atoms with Crippen molar-refractivity contribution in [3.05, 3.63) is 0 Å². The van der Waals surface area contributed by atoms with E-state index in [9.17, 15) is 0 Å². The quantitative estimate of drug-likeness (QED) is 0.465. The maximum Gasteiger partial charge on any atom is 0.198 e. The largest absolute Gasteiger partial charge is 0.313 e. The molecule has 0 radical (unpaired) electrons. The molecule has 0 amide bonds. The van der Waals surface area contributed by atoms with Crippen LogP contribution < -0.4 is 0 Å². The SMILES string of the molecule is Cl[SiH2]N1CCCC2CCCCC21. The highest BCUT2D eigenvalue weighted by Gasteiger charge is 2.32. The molecule has 1 aliphatic heterocycles. The number of hydrogen-bond donors (Lipinski definition) is 0. The molecule has 0 aromatic carbocycles. The Morgan fingerprint density at radius 2 is 1.83 bits per heavy atom. The fourth-order valence-corrected chi connectivity index (χ4v) is 4.77. The van der Waals surface area contributed by atoms with Crippen LogP contribution in [-0.2, 0) is 0 Å². The van der Waals surface area contributed by atoms with Crippen LogP contribution in [0.4, 0.5) is 0 Å². The first-order valence-electron chi connectivity index (χ1n) is 5.22. The first kappa shape index (κ1) is 9.04. The molecule has 70 valence electrons. The van der Waals surface area contributed by atoms with Crippen molar-refractivity contribution in [1.29, 1.82) is 0 Å². The van der Waals surface area contributed by atoms with Crippen molar-refractivity contribution in [2.45, 2.75) is 44.6 Å². The minimum Gasteiger partial charge on any atom is -0.313 e. The van der Waals surface area contributed by atoms with Gasteiger partial charge < -0.3 is 4.57 Å². The average molecular weight is 204 g/mol. The van der Waals surface area contributed by atoms with Crippen LogP contribution in [0.1, 0.15) is 38.5 Å². The molecule has 3 heteroatoms. The number of rotatable bonds is 1. The van der Waals surface area contributed by atoms with E-state index in [1.165, 1.54) is 45.1 Å². The first-order chi connectivity index (χ1) is 5.92. The molecule has 0 spiro atoms. The zero-order valence-electron chi connectivity index (χ0n) is 7.64. The van der Waals surface area contributed by atoms with Gasteiger partial charge in [-0.2, -0.15) is 11.1 Å². The molecule has 0 N–H and O–H groups in total. The van der Waals surface area contributed by atoms with Crippen molar-refractivity contribution in [1.82, 2.24) is 4.57 Å². The van der Waals surface area contributed by atoms with Gasteiger partial charge in [-0.3, -0.25) is 0 Å². The molecule has 2 atom stereocenters. The molecule has 1 aliphatic carbocycles. The van der Waals surface area contributed by atoms with Crippen molar-refractivity contribution in [3.63, 3.8) is 0 Å². The zero-order chi connectivity index (χ0) is 8.39. The minimum absolute atomic E-state index is 0.392. The van der Waals surface area contributed by atoms with Gasteiger partial charge in [-0.15, -0.1) is 0 Å². The predicted octanol–water partition coefficient (Wildman–Crippen LogP) is 1.88. The lowest BCUT2D eigenvalue weighted by Crippen LogP contribution is -2.47. The second-order valence-electron chi connectivity index (χ2n) is 4.19. The van der Waals surface area contributed by atoms with Crippen LogP contribution in [0, 0.1) is 5.92 Å². The number of fused-ring (bicyclic) bond motifs is 1. The molecule has 2 rings (SSSR count).